The monoisotopic (exact) mass is 253 g/mol. The highest BCUT2D eigenvalue weighted by Gasteiger charge is 2.36. The summed E-state index contributed by atoms with van der Waals surface area (Å²) in [6.45, 7) is 5.32. The van der Waals surface area contributed by atoms with E-state index >= 15 is 0 Å². The first kappa shape index (κ1) is 13.5. The number of rotatable bonds is 4. The molecule has 2 unspecified atom stereocenters. The predicted octanol–water partition coefficient (Wildman–Crippen LogP) is 3.77. The fourth-order valence-corrected chi connectivity index (χ4v) is 2.90. The van der Waals surface area contributed by atoms with Crippen LogP contribution in [0, 0.1) is 11.6 Å². The van der Waals surface area contributed by atoms with Crippen molar-refractivity contribution in [3.05, 3.63) is 35.4 Å². The molecule has 3 heteroatoms. The van der Waals surface area contributed by atoms with Crippen LogP contribution in [-0.2, 0) is 5.41 Å². The molecule has 1 aromatic carbocycles. The van der Waals surface area contributed by atoms with Crippen LogP contribution in [0.5, 0.6) is 0 Å². The Labute approximate surface area is 108 Å². The molecule has 1 aliphatic rings. The molecule has 1 aromatic rings. The second-order valence-corrected chi connectivity index (χ2v) is 5.58. The molecule has 2 rings (SSSR count). The van der Waals surface area contributed by atoms with Crippen LogP contribution >= 0.6 is 0 Å². The maximum atomic E-state index is 13.3. The van der Waals surface area contributed by atoms with Crippen LogP contribution in [0.25, 0.3) is 0 Å². The molecule has 18 heavy (non-hydrogen) atoms. The van der Waals surface area contributed by atoms with Gasteiger partial charge in [-0.25, -0.2) is 8.78 Å². The van der Waals surface area contributed by atoms with Gasteiger partial charge < -0.3 is 5.32 Å². The molecule has 0 radical (unpaired) electrons. The van der Waals surface area contributed by atoms with E-state index in [9.17, 15) is 8.78 Å². The molecule has 1 nitrogen and oxygen atoms in total. The average molecular weight is 253 g/mol. The first-order valence-corrected chi connectivity index (χ1v) is 6.74. The van der Waals surface area contributed by atoms with Crippen LogP contribution in [0.2, 0.25) is 0 Å². The fourth-order valence-electron chi connectivity index (χ4n) is 2.90. The van der Waals surface area contributed by atoms with Gasteiger partial charge in [-0.1, -0.05) is 19.9 Å². The fraction of sp³-hybridized carbons (Fsp3) is 0.600. The number of hydrogen-bond acceptors (Lipinski definition) is 1. The van der Waals surface area contributed by atoms with E-state index in [4.69, 9.17) is 0 Å². The summed E-state index contributed by atoms with van der Waals surface area (Å²) in [5, 5.41) is 3.51. The Balaban J connectivity index is 2.10. The van der Waals surface area contributed by atoms with E-state index in [1.54, 1.807) is 6.07 Å². The van der Waals surface area contributed by atoms with Gasteiger partial charge in [-0.2, -0.15) is 0 Å². The van der Waals surface area contributed by atoms with Crippen molar-refractivity contribution < 1.29 is 8.78 Å². The molecule has 0 aromatic heterocycles. The van der Waals surface area contributed by atoms with E-state index in [1.807, 2.05) is 0 Å². The average Bonchev–Trinajstić information content (AvgIpc) is 2.73. The minimum absolute atomic E-state index is 0.0278. The van der Waals surface area contributed by atoms with E-state index in [0.29, 0.717) is 6.04 Å². The van der Waals surface area contributed by atoms with Crippen molar-refractivity contribution in [1.29, 1.82) is 0 Å². The summed E-state index contributed by atoms with van der Waals surface area (Å²) in [6, 6.07) is 4.82. The molecular formula is C15H21F2N. The third-order valence-electron chi connectivity index (χ3n) is 4.04. The van der Waals surface area contributed by atoms with Gasteiger partial charge in [0, 0.05) is 6.04 Å². The molecule has 100 valence electrons. The molecular weight excluding hydrogens is 232 g/mol. The summed E-state index contributed by atoms with van der Waals surface area (Å²) in [7, 11) is 0. The molecule has 0 aliphatic heterocycles. The lowest BCUT2D eigenvalue weighted by molar-refractivity contribution is 0.445. The SMILES string of the molecule is CCCNC1CCC(C)(c2ccc(F)c(F)c2)C1. The number of halogens is 2. The summed E-state index contributed by atoms with van der Waals surface area (Å²) in [4.78, 5) is 0. The quantitative estimate of drug-likeness (QED) is 0.861. The van der Waals surface area contributed by atoms with Crippen molar-refractivity contribution in [3.8, 4) is 0 Å². The lowest BCUT2D eigenvalue weighted by atomic mass is 9.81. The molecule has 1 fully saturated rings. The van der Waals surface area contributed by atoms with Gasteiger partial charge in [0.1, 0.15) is 0 Å². The molecule has 1 saturated carbocycles. The zero-order chi connectivity index (χ0) is 13.2. The standard InChI is InChI=1S/C15H21F2N/c1-3-8-18-12-6-7-15(2,10-12)11-4-5-13(16)14(17)9-11/h4-5,9,12,18H,3,6-8,10H2,1-2H3. The minimum Gasteiger partial charge on any atom is -0.314 e. The molecule has 0 spiro atoms. The molecule has 0 heterocycles. The van der Waals surface area contributed by atoms with Gasteiger partial charge in [-0.3, -0.25) is 0 Å². The summed E-state index contributed by atoms with van der Waals surface area (Å²) >= 11 is 0. The van der Waals surface area contributed by atoms with E-state index in [1.165, 1.54) is 12.1 Å². The largest absolute Gasteiger partial charge is 0.314 e. The normalized spacial score (nSPS) is 27.7. The summed E-state index contributed by atoms with van der Waals surface area (Å²) in [6.07, 6.45) is 4.26. The Kier molecular flexibility index (Phi) is 4.00. The maximum Gasteiger partial charge on any atom is 0.159 e. The van der Waals surface area contributed by atoms with Crippen molar-refractivity contribution in [3.63, 3.8) is 0 Å². The molecule has 1 aliphatic carbocycles. The second kappa shape index (κ2) is 5.35. The topological polar surface area (TPSA) is 12.0 Å². The number of hydrogen-bond donors (Lipinski definition) is 1. The number of nitrogens with one attached hydrogen (secondary N) is 1. The van der Waals surface area contributed by atoms with Crippen LogP contribution in [0.1, 0.15) is 45.1 Å². The van der Waals surface area contributed by atoms with Gasteiger partial charge in [-0.15, -0.1) is 0 Å². The Hall–Kier alpha value is -0.960. The Morgan fingerprint density at radius 2 is 2.11 bits per heavy atom. The van der Waals surface area contributed by atoms with Crippen LogP contribution in [0.3, 0.4) is 0 Å². The van der Waals surface area contributed by atoms with Crippen LogP contribution < -0.4 is 5.32 Å². The van der Waals surface area contributed by atoms with Gasteiger partial charge in [0.05, 0.1) is 0 Å². The van der Waals surface area contributed by atoms with E-state index in [2.05, 4.69) is 19.2 Å². The zero-order valence-corrected chi connectivity index (χ0v) is 11.1. The summed E-state index contributed by atoms with van der Waals surface area (Å²) in [5.41, 5.74) is 0.891. The Morgan fingerprint density at radius 3 is 2.78 bits per heavy atom. The lowest BCUT2D eigenvalue weighted by Crippen LogP contribution is -2.29. The van der Waals surface area contributed by atoms with Gasteiger partial charge in [0.25, 0.3) is 0 Å². The Morgan fingerprint density at radius 1 is 1.33 bits per heavy atom. The summed E-state index contributed by atoms with van der Waals surface area (Å²) < 4.78 is 26.3. The first-order chi connectivity index (χ1) is 8.55. The van der Waals surface area contributed by atoms with Crippen LogP contribution in [0.15, 0.2) is 18.2 Å². The molecule has 0 saturated heterocycles. The highest BCUT2D eigenvalue weighted by atomic mass is 19.2. The number of benzene rings is 1. The highest BCUT2D eigenvalue weighted by Crippen LogP contribution is 2.41. The van der Waals surface area contributed by atoms with Gasteiger partial charge in [0.15, 0.2) is 11.6 Å². The van der Waals surface area contributed by atoms with Crippen molar-refractivity contribution in [2.24, 2.45) is 0 Å². The predicted molar refractivity (Wildman–Crippen MR) is 69.6 cm³/mol. The van der Waals surface area contributed by atoms with Crippen molar-refractivity contribution in [2.45, 2.75) is 51.0 Å². The molecule has 0 bridgehead atoms. The first-order valence-electron chi connectivity index (χ1n) is 6.74. The van der Waals surface area contributed by atoms with E-state index < -0.39 is 11.6 Å². The van der Waals surface area contributed by atoms with Crippen molar-refractivity contribution in [1.82, 2.24) is 5.32 Å². The molecule has 2 atom stereocenters. The second-order valence-electron chi connectivity index (χ2n) is 5.58. The molecule has 1 N–H and O–H groups in total. The Bertz CT molecular complexity index is 419. The summed E-state index contributed by atoms with van der Waals surface area (Å²) in [5.74, 6) is -1.50. The zero-order valence-electron chi connectivity index (χ0n) is 11.1. The third kappa shape index (κ3) is 2.72. The van der Waals surface area contributed by atoms with Crippen molar-refractivity contribution >= 4 is 0 Å². The third-order valence-corrected chi connectivity index (χ3v) is 4.04. The van der Waals surface area contributed by atoms with E-state index in [-0.39, 0.29) is 5.41 Å². The van der Waals surface area contributed by atoms with Crippen LogP contribution in [-0.4, -0.2) is 12.6 Å². The van der Waals surface area contributed by atoms with Crippen molar-refractivity contribution in [2.75, 3.05) is 6.54 Å². The van der Waals surface area contributed by atoms with Gasteiger partial charge in [-0.05, 0) is 55.3 Å². The van der Waals surface area contributed by atoms with E-state index in [0.717, 1.165) is 37.8 Å². The van der Waals surface area contributed by atoms with Crippen LogP contribution in [0.4, 0.5) is 8.78 Å². The maximum absolute atomic E-state index is 13.3. The smallest absolute Gasteiger partial charge is 0.159 e. The highest BCUT2D eigenvalue weighted by molar-refractivity contribution is 5.28. The minimum atomic E-state index is -0.763. The molecule has 0 amide bonds. The lowest BCUT2D eigenvalue weighted by Gasteiger charge is -2.25. The van der Waals surface area contributed by atoms with Gasteiger partial charge >= 0.3 is 0 Å². The van der Waals surface area contributed by atoms with Gasteiger partial charge in [0.2, 0.25) is 0 Å².